The van der Waals surface area contributed by atoms with Gasteiger partial charge in [-0.25, -0.2) is 4.79 Å². The monoisotopic (exact) mass is 521 g/mol. The zero-order valence-corrected chi connectivity index (χ0v) is 21.7. The van der Waals surface area contributed by atoms with Crippen molar-refractivity contribution >= 4 is 34.8 Å². The Labute approximate surface area is 225 Å². The number of hydrogen-bond acceptors (Lipinski definition) is 6. The standard InChI is InChI=1S/C31H27N3O5/c1-18(2)20-11-13-22(14-12-20)34-27-15-10-19(3)16-25(27)28(30(34)36)33-32-26-9-5-8-24(29(26)35)21-6-4-7-23(17-21)39-31(37)38/h4-18,32,35H,1-3H3,(H,37,38). The van der Waals surface area contributed by atoms with Gasteiger partial charge >= 0.3 is 6.16 Å². The van der Waals surface area contributed by atoms with Gasteiger partial charge < -0.3 is 14.9 Å². The number of anilines is 3. The number of nitrogens with zero attached hydrogens (tertiary/aromatic N) is 2. The van der Waals surface area contributed by atoms with Gasteiger partial charge in [-0.15, -0.1) is 0 Å². The number of carboxylic acid groups (broad SMARTS) is 1. The van der Waals surface area contributed by atoms with Crippen molar-refractivity contribution in [2.45, 2.75) is 26.7 Å². The highest BCUT2D eigenvalue weighted by atomic mass is 16.7. The predicted octanol–water partition coefficient (Wildman–Crippen LogP) is 7.04. The van der Waals surface area contributed by atoms with Crippen molar-refractivity contribution in [3.05, 3.63) is 102 Å². The third-order valence-corrected chi connectivity index (χ3v) is 6.55. The molecule has 0 aromatic heterocycles. The lowest BCUT2D eigenvalue weighted by Crippen LogP contribution is -2.26. The normalized spacial score (nSPS) is 13.6. The second kappa shape index (κ2) is 10.3. The van der Waals surface area contributed by atoms with Crippen molar-refractivity contribution < 1.29 is 24.5 Å². The summed E-state index contributed by atoms with van der Waals surface area (Å²) in [6.07, 6.45) is -1.43. The van der Waals surface area contributed by atoms with E-state index in [1.54, 1.807) is 35.2 Å². The lowest BCUT2D eigenvalue weighted by molar-refractivity contribution is -0.111. The van der Waals surface area contributed by atoms with E-state index in [9.17, 15) is 14.7 Å². The van der Waals surface area contributed by atoms with Crippen LogP contribution in [0.15, 0.2) is 90.0 Å². The molecule has 8 heteroatoms. The molecule has 5 rings (SSSR count). The minimum Gasteiger partial charge on any atom is -0.505 e. The number of benzene rings is 4. The molecule has 1 aliphatic rings. The zero-order valence-electron chi connectivity index (χ0n) is 21.7. The summed E-state index contributed by atoms with van der Waals surface area (Å²) in [5.74, 6) is 0.114. The van der Waals surface area contributed by atoms with Gasteiger partial charge in [0.05, 0.1) is 11.4 Å². The summed E-state index contributed by atoms with van der Waals surface area (Å²) >= 11 is 0. The van der Waals surface area contributed by atoms with E-state index < -0.39 is 6.16 Å². The van der Waals surface area contributed by atoms with Gasteiger partial charge in [0.1, 0.15) is 11.5 Å². The number of carbonyl (C=O) groups excluding carboxylic acids is 1. The lowest BCUT2D eigenvalue weighted by Gasteiger charge is -2.18. The van der Waals surface area contributed by atoms with E-state index >= 15 is 0 Å². The highest BCUT2D eigenvalue weighted by molar-refractivity contribution is 6.55. The molecule has 0 radical (unpaired) electrons. The molecule has 0 fully saturated rings. The lowest BCUT2D eigenvalue weighted by atomic mass is 10.0. The molecule has 0 saturated heterocycles. The first kappa shape index (κ1) is 25.5. The van der Waals surface area contributed by atoms with Crippen molar-refractivity contribution in [3.63, 3.8) is 0 Å². The number of carbonyl (C=O) groups is 2. The topological polar surface area (TPSA) is 111 Å². The molecular weight excluding hydrogens is 494 g/mol. The van der Waals surface area contributed by atoms with Crippen LogP contribution >= 0.6 is 0 Å². The second-order valence-corrected chi connectivity index (χ2v) is 9.58. The molecule has 39 heavy (non-hydrogen) atoms. The predicted molar refractivity (Wildman–Crippen MR) is 151 cm³/mol. The molecule has 3 N–H and O–H groups in total. The van der Waals surface area contributed by atoms with Gasteiger partial charge in [-0.3, -0.25) is 15.1 Å². The maximum absolute atomic E-state index is 13.6. The van der Waals surface area contributed by atoms with E-state index in [1.165, 1.54) is 17.7 Å². The van der Waals surface area contributed by atoms with Crippen LogP contribution in [-0.2, 0) is 4.79 Å². The molecule has 0 unspecified atom stereocenters. The Hall–Kier alpha value is -5.11. The summed E-state index contributed by atoms with van der Waals surface area (Å²) in [5.41, 5.74) is 8.70. The average Bonchev–Trinajstić information content (AvgIpc) is 3.18. The van der Waals surface area contributed by atoms with Crippen molar-refractivity contribution in [1.29, 1.82) is 0 Å². The molecule has 0 aliphatic carbocycles. The number of phenols is 1. The fourth-order valence-corrected chi connectivity index (χ4v) is 4.55. The van der Waals surface area contributed by atoms with E-state index in [0.717, 1.165) is 16.9 Å². The number of phenolic OH excluding ortho intramolecular Hbond substituents is 1. The largest absolute Gasteiger partial charge is 0.511 e. The van der Waals surface area contributed by atoms with E-state index in [0.29, 0.717) is 22.6 Å². The number of amides is 1. The first-order chi connectivity index (χ1) is 18.7. The summed E-state index contributed by atoms with van der Waals surface area (Å²) in [4.78, 5) is 26.2. The van der Waals surface area contributed by atoms with Gasteiger partial charge in [0.25, 0.3) is 5.91 Å². The van der Waals surface area contributed by atoms with Crippen molar-refractivity contribution in [3.8, 4) is 22.6 Å². The van der Waals surface area contributed by atoms with Crippen LogP contribution in [0.1, 0.15) is 36.5 Å². The van der Waals surface area contributed by atoms with Crippen LogP contribution in [0.25, 0.3) is 11.1 Å². The van der Waals surface area contributed by atoms with E-state index in [4.69, 9.17) is 9.84 Å². The Kier molecular flexibility index (Phi) is 6.77. The molecule has 0 bridgehead atoms. The van der Waals surface area contributed by atoms with Gasteiger partial charge in [-0.1, -0.05) is 61.9 Å². The summed E-state index contributed by atoms with van der Waals surface area (Å²) in [7, 11) is 0. The van der Waals surface area contributed by atoms with Crippen LogP contribution in [0, 0.1) is 6.92 Å². The van der Waals surface area contributed by atoms with Crippen LogP contribution in [0.2, 0.25) is 0 Å². The first-order valence-corrected chi connectivity index (χ1v) is 12.4. The van der Waals surface area contributed by atoms with E-state index in [2.05, 4.69) is 24.4 Å². The van der Waals surface area contributed by atoms with Gasteiger partial charge in [0, 0.05) is 16.8 Å². The first-order valence-electron chi connectivity index (χ1n) is 12.4. The Morgan fingerprint density at radius 1 is 0.949 bits per heavy atom. The Morgan fingerprint density at radius 3 is 2.41 bits per heavy atom. The molecule has 4 aromatic carbocycles. The quantitative estimate of drug-likeness (QED) is 0.109. The average molecular weight is 522 g/mol. The minimum atomic E-state index is -1.43. The van der Waals surface area contributed by atoms with Crippen molar-refractivity contribution in [1.82, 2.24) is 0 Å². The summed E-state index contributed by atoms with van der Waals surface area (Å²) in [6.45, 7) is 6.19. The number of ether oxygens (including phenoxy) is 1. The third-order valence-electron chi connectivity index (χ3n) is 6.55. The number of aromatic hydroxyl groups is 1. The Bertz CT molecular complexity index is 1610. The number of hydrazone groups is 1. The fourth-order valence-electron chi connectivity index (χ4n) is 4.55. The molecule has 1 heterocycles. The number of fused-ring (bicyclic) bond motifs is 1. The molecular formula is C31H27N3O5. The van der Waals surface area contributed by atoms with Gasteiger partial charge in [-0.2, -0.15) is 5.10 Å². The van der Waals surface area contributed by atoms with Gasteiger partial charge in [0.2, 0.25) is 0 Å². The summed E-state index contributed by atoms with van der Waals surface area (Å²) in [6, 6.07) is 25.1. The molecule has 1 amide bonds. The van der Waals surface area contributed by atoms with Crippen LogP contribution in [0.3, 0.4) is 0 Å². The Balaban J connectivity index is 1.49. The highest BCUT2D eigenvalue weighted by Gasteiger charge is 2.35. The number of hydrogen-bond donors (Lipinski definition) is 3. The summed E-state index contributed by atoms with van der Waals surface area (Å²) < 4.78 is 4.74. The highest BCUT2D eigenvalue weighted by Crippen LogP contribution is 2.39. The molecule has 1 aliphatic heterocycles. The third kappa shape index (κ3) is 5.04. The van der Waals surface area contributed by atoms with Gasteiger partial charge in [-0.05, 0) is 66.4 Å². The molecule has 0 atom stereocenters. The molecule has 4 aromatic rings. The Morgan fingerprint density at radius 2 is 1.69 bits per heavy atom. The maximum atomic E-state index is 13.6. The minimum absolute atomic E-state index is 0.106. The molecule has 0 spiro atoms. The molecule has 8 nitrogen and oxygen atoms in total. The SMILES string of the molecule is Cc1ccc2c(c1)C(=NNc1cccc(-c3cccc(OC(=O)O)c3)c1O)C(=O)N2c1ccc(C(C)C)cc1. The number of para-hydroxylation sites is 1. The fraction of sp³-hybridized carbons (Fsp3) is 0.129. The van der Waals surface area contributed by atoms with Crippen LogP contribution in [-0.4, -0.2) is 28.0 Å². The molecule has 196 valence electrons. The number of nitrogens with one attached hydrogen (secondary N) is 1. The molecule has 0 saturated carbocycles. The van der Waals surface area contributed by atoms with Crippen LogP contribution < -0.4 is 15.1 Å². The smallest absolute Gasteiger partial charge is 0.505 e. The zero-order chi connectivity index (χ0) is 27.7. The maximum Gasteiger partial charge on any atom is 0.511 e. The van der Waals surface area contributed by atoms with Crippen molar-refractivity contribution in [2.75, 3.05) is 10.3 Å². The van der Waals surface area contributed by atoms with Gasteiger partial charge in [0.15, 0.2) is 5.71 Å². The second-order valence-electron chi connectivity index (χ2n) is 9.58. The number of rotatable bonds is 6. The summed E-state index contributed by atoms with van der Waals surface area (Å²) in [5, 5.41) is 24.4. The van der Waals surface area contributed by atoms with E-state index in [-0.39, 0.29) is 28.8 Å². The van der Waals surface area contributed by atoms with Crippen LogP contribution in [0.5, 0.6) is 11.5 Å². The number of aryl methyl sites for hydroxylation is 1. The van der Waals surface area contributed by atoms with Crippen LogP contribution in [0.4, 0.5) is 21.9 Å². The van der Waals surface area contributed by atoms with E-state index in [1.807, 2.05) is 49.4 Å². The van der Waals surface area contributed by atoms with Crippen molar-refractivity contribution in [2.24, 2.45) is 5.10 Å².